The van der Waals surface area contributed by atoms with Crippen molar-refractivity contribution >= 4 is 5.69 Å². The molecule has 20 heavy (non-hydrogen) atoms. The van der Waals surface area contributed by atoms with E-state index >= 15 is 0 Å². The normalized spacial score (nSPS) is 10.6. The Morgan fingerprint density at radius 3 is 2.65 bits per heavy atom. The van der Waals surface area contributed by atoms with Crippen molar-refractivity contribution in [2.24, 2.45) is 5.73 Å². The summed E-state index contributed by atoms with van der Waals surface area (Å²) in [6, 6.07) is 12.7. The van der Waals surface area contributed by atoms with Crippen LogP contribution in [0.1, 0.15) is 22.5 Å². The van der Waals surface area contributed by atoms with Crippen LogP contribution in [0.3, 0.4) is 0 Å². The summed E-state index contributed by atoms with van der Waals surface area (Å²) in [5.41, 5.74) is 11.7. The van der Waals surface area contributed by atoms with Crippen molar-refractivity contribution in [2.75, 3.05) is 18.5 Å². The minimum Gasteiger partial charge on any atom is -0.368 e. The maximum Gasteiger partial charge on any atom is 0.0600 e. The van der Waals surface area contributed by atoms with Crippen molar-refractivity contribution < 1.29 is 0 Å². The smallest absolute Gasteiger partial charge is 0.0600 e. The fourth-order valence-corrected chi connectivity index (χ4v) is 2.46. The summed E-state index contributed by atoms with van der Waals surface area (Å²) in [6.07, 6.45) is 0.905. The van der Waals surface area contributed by atoms with Gasteiger partial charge in [-0.3, -0.25) is 4.98 Å². The number of aromatic nitrogens is 1. The molecule has 2 rings (SSSR count). The SMILES string of the molecule is Cc1ccc(N(C)Cc2cccc(C)n2)c(CCN)c1. The summed E-state index contributed by atoms with van der Waals surface area (Å²) in [4.78, 5) is 6.81. The molecule has 0 radical (unpaired) electrons. The predicted octanol–water partition coefficient (Wildman–Crippen LogP) is 2.84. The second kappa shape index (κ2) is 6.53. The minimum atomic E-state index is 0.674. The Morgan fingerprint density at radius 2 is 1.95 bits per heavy atom. The number of nitrogens with two attached hydrogens (primary N) is 1. The lowest BCUT2D eigenvalue weighted by Gasteiger charge is -2.22. The van der Waals surface area contributed by atoms with Gasteiger partial charge in [0.05, 0.1) is 12.2 Å². The van der Waals surface area contributed by atoms with Crippen LogP contribution in [-0.4, -0.2) is 18.6 Å². The van der Waals surface area contributed by atoms with E-state index in [1.165, 1.54) is 16.8 Å². The minimum absolute atomic E-state index is 0.674. The van der Waals surface area contributed by atoms with Crippen molar-refractivity contribution in [2.45, 2.75) is 26.8 Å². The molecular weight excluding hydrogens is 246 g/mol. The van der Waals surface area contributed by atoms with Gasteiger partial charge >= 0.3 is 0 Å². The highest BCUT2D eigenvalue weighted by Gasteiger charge is 2.08. The van der Waals surface area contributed by atoms with E-state index in [4.69, 9.17) is 5.73 Å². The topological polar surface area (TPSA) is 42.2 Å². The van der Waals surface area contributed by atoms with Gasteiger partial charge in [0.15, 0.2) is 0 Å². The number of benzene rings is 1. The lowest BCUT2D eigenvalue weighted by molar-refractivity contribution is 0.859. The molecule has 0 fully saturated rings. The van der Waals surface area contributed by atoms with Crippen molar-refractivity contribution in [1.29, 1.82) is 0 Å². The summed E-state index contributed by atoms with van der Waals surface area (Å²) in [5.74, 6) is 0. The molecule has 0 saturated carbocycles. The number of nitrogens with zero attached hydrogens (tertiary/aromatic N) is 2. The quantitative estimate of drug-likeness (QED) is 0.907. The average Bonchev–Trinajstić information content (AvgIpc) is 2.39. The zero-order valence-electron chi connectivity index (χ0n) is 12.6. The van der Waals surface area contributed by atoms with Crippen LogP contribution >= 0.6 is 0 Å². The molecule has 1 aromatic carbocycles. The van der Waals surface area contributed by atoms with E-state index in [2.05, 4.69) is 54.2 Å². The third-order valence-corrected chi connectivity index (χ3v) is 3.41. The molecule has 0 aliphatic carbocycles. The van der Waals surface area contributed by atoms with Crippen molar-refractivity contribution in [1.82, 2.24) is 4.98 Å². The van der Waals surface area contributed by atoms with Gasteiger partial charge in [0, 0.05) is 18.4 Å². The van der Waals surface area contributed by atoms with Crippen LogP contribution in [0, 0.1) is 13.8 Å². The Bertz CT molecular complexity index is 578. The van der Waals surface area contributed by atoms with Gasteiger partial charge in [-0.1, -0.05) is 23.8 Å². The molecule has 3 nitrogen and oxygen atoms in total. The summed E-state index contributed by atoms with van der Waals surface area (Å²) in [7, 11) is 2.11. The van der Waals surface area contributed by atoms with Gasteiger partial charge in [0.1, 0.15) is 0 Å². The second-order valence-corrected chi connectivity index (χ2v) is 5.30. The molecule has 1 heterocycles. The Morgan fingerprint density at radius 1 is 1.15 bits per heavy atom. The molecule has 106 valence electrons. The molecular formula is C17H23N3. The van der Waals surface area contributed by atoms with Crippen LogP contribution in [0.15, 0.2) is 36.4 Å². The van der Waals surface area contributed by atoms with Crippen LogP contribution in [0.5, 0.6) is 0 Å². The summed E-state index contributed by atoms with van der Waals surface area (Å²) >= 11 is 0. The highest BCUT2D eigenvalue weighted by molar-refractivity contribution is 5.54. The van der Waals surface area contributed by atoms with Gasteiger partial charge in [-0.2, -0.15) is 0 Å². The average molecular weight is 269 g/mol. The maximum atomic E-state index is 5.72. The largest absolute Gasteiger partial charge is 0.368 e. The first-order chi connectivity index (χ1) is 9.60. The van der Waals surface area contributed by atoms with Crippen LogP contribution in [0.25, 0.3) is 0 Å². The summed E-state index contributed by atoms with van der Waals surface area (Å²) < 4.78 is 0. The first-order valence-electron chi connectivity index (χ1n) is 7.03. The highest BCUT2D eigenvalue weighted by Crippen LogP contribution is 2.22. The van der Waals surface area contributed by atoms with Gasteiger partial charge in [-0.25, -0.2) is 0 Å². The zero-order chi connectivity index (χ0) is 14.5. The molecule has 0 bridgehead atoms. The summed E-state index contributed by atoms with van der Waals surface area (Å²) in [5, 5.41) is 0. The van der Waals surface area contributed by atoms with E-state index < -0.39 is 0 Å². The van der Waals surface area contributed by atoms with E-state index in [-0.39, 0.29) is 0 Å². The van der Waals surface area contributed by atoms with Crippen LogP contribution in [-0.2, 0) is 13.0 Å². The fraction of sp³-hybridized carbons (Fsp3) is 0.353. The third-order valence-electron chi connectivity index (χ3n) is 3.41. The molecule has 1 aromatic heterocycles. The summed E-state index contributed by atoms with van der Waals surface area (Å²) in [6.45, 7) is 5.62. The van der Waals surface area contributed by atoms with Crippen LogP contribution < -0.4 is 10.6 Å². The molecule has 2 N–H and O–H groups in total. The monoisotopic (exact) mass is 269 g/mol. The molecule has 0 unspecified atom stereocenters. The zero-order valence-corrected chi connectivity index (χ0v) is 12.6. The van der Waals surface area contributed by atoms with Crippen molar-refractivity contribution in [3.63, 3.8) is 0 Å². The number of anilines is 1. The van der Waals surface area contributed by atoms with Crippen molar-refractivity contribution in [3.05, 3.63) is 58.9 Å². The Hall–Kier alpha value is -1.87. The molecule has 0 amide bonds. The molecule has 0 aliphatic rings. The third kappa shape index (κ3) is 3.58. The van der Waals surface area contributed by atoms with E-state index in [0.717, 1.165) is 24.4 Å². The number of pyridine rings is 1. The molecule has 0 saturated heterocycles. The number of hydrogen-bond acceptors (Lipinski definition) is 3. The molecule has 0 aliphatic heterocycles. The number of rotatable bonds is 5. The Kier molecular flexibility index (Phi) is 4.74. The van der Waals surface area contributed by atoms with Gasteiger partial charge in [0.25, 0.3) is 0 Å². The highest BCUT2D eigenvalue weighted by atomic mass is 15.1. The molecule has 2 aromatic rings. The van der Waals surface area contributed by atoms with E-state index in [1.807, 2.05) is 13.0 Å². The standard InChI is InChI=1S/C17H23N3/c1-13-7-8-17(15(11-13)9-10-18)20(3)12-16-6-4-5-14(2)19-16/h4-8,11H,9-10,12,18H2,1-3H3. The van der Waals surface area contributed by atoms with Crippen LogP contribution in [0.4, 0.5) is 5.69 Å². The van der Waals surface area contributed by atoms with Crippen molar-refractivity contribution in [3.8, 4) is 0 Å². The molecule has 0 spiro atoms. The maximum absolute atomic E-state index is 5.72. The predicted molar refractivity (Wildman–Crippen MR) is 85.0 cm³/mol. The van der Waals surface area contributed by atoms with Gasteiger partial charge in [-0.15, -0.1) is 0 Å². The second-order valence-electron chi connectivity index (χ2n) is 5.30. The first kappa shape index (κ1) is 14.5. The van der Waals surface area contributed by atoms with Crippen LogP contribution in [0.2, 0.25) is 0 Å². The Labute approximate surface area is 121 Å². The number of aryl methyl sites for hydroxylation is 2. The number of hydrogen-bond donors (Lipinski definition) is 1. The van der Waals surface area contributed by atoms with E-state index in [9.17, 15) is 0 Å². The van der Waals surface area contributed by atoms with Gasteiger partial charge in [-0.05, 0) is 50.6 Å². The molecule has 0 atom stereocenters. The first-order valence-corrected chi connectivity index (χ1v) is 7.03. The van der Waals surface area contributed by atoms with Gasteiger partial charge in [0.2, 0.25) is 0 Å². The molecule has 3 heteroatoms. The van der Waals surface area contributed by atoms with E-state index in [0.29, 0.717) is 6.54 Å². The fourth-order valence-electron chi connectivity index (χ4n) is 2.46. The lowest BCUT2D eigenvalue weighted by atomic mass is 10.1. The Balaban J connectivity index is 2.22. The lowest BCUT2D eigenvalue weighted by Crippen LogP contribution is -2.20. The van der Waals surface area contributed by atoms with E-state index in [1.54, 1.807) is 0 Å². The van der Waals surface area contributed by atoms with Gasteiger partial charge < -0.3 is 10.6 Å².